The number of halogens is 1. The van der Waals surface area contributed by atoms with Gasteiger partial charge in [0, 0.05) is 31.7 Å². The highest BCUT2D eigenvalue weighted by Crippen LogP contribution is 2.37. The predicted molar refractivity (Wildman–Crippen MR) is 113 cm³/mol. The number of hydrazine groups is 1. The number of nitrogens with zero attached hydrogens (tertiary/aromatic N) is 3. The molecule has 3 heterocycles. The standard InChI is InChI=1S/C18H28BrN5O3S/c1-11-8-18(3,4)24(9-11)16-13(6-7-15(19)20-16)17(25)22-28(26,27)14-10-23(5)21-12(14)2/h6-7,11-12,14,21H,8-10H2,1-5H3,(H,22,25)/t11-,12?,14?/m0/s1. The molecular formula is C18H28BrN5O3S. The van der Waals surface area contributed by atoms with E-state index in [4.69, 9.17) is 0 Å². The summed E-state index contributed by atoms with van der Waals surface area (Å²) in [6.07, 6.45) is 0.970. The minimum Gasteiger partial charge on any atom is -0.351 e. The molecule has 0 spiro atoms. The molecule has 1 aromatic heterocycles. The van der Waals surface area contributed by atoms with Crippen molar-refractivity contribution >= 4 is 37.7 Å². The lowest BCUT2D eigenvalue weighted by molar-refractivity contribution is 0.0981. The Kier molecular flexibility index (Phi) is 5.79. The Morgan fingerprint density at radius 2 is 2.00 bits per heavy atom. The lowest BCUT2D eigenvalue weighted by atomic mass is 9.97. The SMILES string of the molecule is CC1NN(C)CC1S(=O)(=O)NC(=O)c1ccc(Br)nc1N1C[C@@H](C)CC1(C)C. The lowest BCUT2D eigenvalue weighted by Crippen LogP contribution is -2.45. The van der Waals surface area contributed by atoms with Crippen LogP contribution in [0.2, 0.25) is 0 Å². The molecule has 2 aliphatic heterocycles. The molecule has 0 aromatic carbocycles. The van der Waals surface area contributed by atoms with E-state index in [1.54, 1.807) is 31.1 Å². The van der Waals surface area contributed by atoms with Crippen LogP contribution >= 0.6 is 15.9 Å². The van der Waals surface area contributed by atoms with Crippen molar-refractivity contribution in [2.45, 2.75) is 50.9 Å². The molecule has 8 nitrogen and oxygen atoms in total. The number of amides is 1. The number of hydrogen-bond acceptors (Lipinski definition) is 7. The third kappa shape index (κ3) is 4.19. The first-order valence-electron chi connectivity index (χ1n) is 9.38. The molecule has 2 fully saturated rings. The van der Waals surface area contributed by atoms with E-state index >= 15 is 0 Å². The minimum absolute atomic E-state index is 0.173. The average molecular weight is 474 g/mol. The average Bonchev–Trinajstić information content (AvgIpc) is 3.04. The second-order valence-electron chi connectivity index (χ2n) is 8.55. The van der Waals surface area contributed by atoms with E-state index < -0.39 is 21.2 Å². The Balaban J connectivity index is 1.91. The highest BCUT2D eigenvalue weighted by atomic mass is 79.9. The van der Waals surface area contributed by atoms with E-state index in [-0.39, 0.29) is 17.1 Å². The zero-order valence-electron chi connectivity index (χ0n) is 16.9. The van der Waals surface area contributed by atoms with Crippen molar-refractivity contribution in [2.24, 2.45) is 5.92 Å². The molecule has 0 bridgehead atoms. The van der Waals surface area contributed by atoms with Gasteiger partial charge in [-0.2, -0.15) is 0 Å². The highest BCUT2D eigenvalue weighted by molar-refractivity contribution is 9.10. The molecule has 10 heteroatoms. The normalized spacial score (nSPS) is 27.9. The van der Waals surface area contributed by atoms with Crippen molar-refractivity contribution in [1.29, 1.82) is 0 Å². The second-order valence-corrected chi connectivity index (χ2v) is 11.3. The molecule has 2 aliphatic rings. The first-order chi connectivity index (χ1) is 12.9. The fraction of sp³-hybridized carbons (Fsp3) is 0.667. The number of nitrogens with one attached hydrogen (secondary N) is 2. The number of hydrogen-bond donors (Lipinski definition) is 2. The zero-order chi connectivity index (χ0) is 20.9. The van der Waals surface area contributed by atoms with Crippen LogP contribution < -0.4 is 15.0 Å². The molecule has 2 saturated heterocycles. The van der Waals surface area contributed by atoms with Crippen LogP contribution in [-0.2, 0) is 10.0 Å². The molecule has 3 atom stereocenters. The van der Waals surface area contributed by atoms with Gasteiger partial charge >= 0.3 is 0 Å². The zero-order valence-corrected chi connectivity index (χ0v) is 19.3. The highest BCUT2D eigenvalue weighted by Gasteiger charge is 2.41. The van der Waals surface area contributed by atoms with Crippen LogP contribution in [0.4, 0.5) is 5.82 Å². The third-order valence-corrected chi connectivity index (χ3v) is 7.75. The van der Waals surface area contributed by atoms with E-state index in [0.29, 0.717) is 22.9 Å². The van der Waals surface area contributed by atoms with Crippen LogP contribution in [0, 0.1) is 5.92 Å². The number of sulfonamides is 1. The van der Waals surface area contributed by atoms with Gasteiger partial charge in [-0.1, -0.05) is 6.92 Å². The predicted octanol–water partition coefficient (Wildman–Crippen LogP) is 1.74. The van der Waals surface area contributed by atoms with E-state index in [9.17, 15) is 13.2 Å². The van der Waals surface area contributed by atoms with E-state index in [1.165, 1.54) is 0 Å². The quantitative estimate of drug-likeness (QED) is 0.642. The Hall–Kier alpha value is -1.23. The van der Waals surface area contributed by atoms with Gasteiger partial charge in [0.2, 0.25) is 10.0 Å². The molecule has 0 radical (unpaired) electrons. The van der Waals surface area contributed by atoms with Crippen molar-refractivity contribution in [3.8, 4) is 0 Å². The van der Waals surface area contributed by atoms with Gasteiger partial charge in [-0.15, -0.1) is 0 Å². The summed E-state index contributed by atoms with van der Waals surface area (Å²) >= 11 is 3.37. The van der Waals surface area contributed by atoms with Gasteiger partial charge in [0.25, 0.3) is 5.91 Å². The van der Waals surface area contributed by atoms with Crippen LogP contribution in [-0.4, -0.2) is 61.3 Å². The van der Waals surface area contributed by atoms with Crippen molar-refractivity contribution in [1.82, 2.24) is 20.1 Å². The molecule has 0 aliphatic carbocycles. The third-order valence-electron chi connectivity index (χ3n) is 5.48. The van der Waals surface area contributed by atoms with E-state index in [0.717, 1.165) is 13.0 Å². The summed E-state index contributed by atoms with van der Waals surface area (Å²) in [5.41, 5.74) is 3.13. The molecular weight excluding hydrogens is 446 g/mol. The monoisotopic (exact) mass is 473 g/mol. The van der Waals surface area contributed by atoms with Crippen molar-refractivity contribution < 1.29 is 13.2 Å². The number of aromatic nitrogens is 1. The number of pyridine rings is 1. The second kappa shape index (κ2) is 7.55. The minimum atomic E-state index is -3.84. The van der Waals surface area contributed by atoms with Gasteiger partial charge in [-0.25, -0.2) is 23.1 Å². The maximum atomic E-state index is 13.0. The maximum Gasteiger partial charge on any atom is 0.268 e. The van der Waals surface area contributed by atoms with Crippen molar-refractivity contribution in [2.75, 3.05) is 25.0 Å². The van der Waals surface area contributed by atoms with Gasteiger partial charge in [0.15, 0.2) is 0 Å². The van der Waals surface area contributed by atoms with Crippen LogP contribution in [0.1, 0.15) is 44.5 Å². The Bertz CT molecular complexity index is 876. The van der Waals surface area contributed by atoms with Gasteiger partial charge < -0.3 is 4.90 Å². The first kappa shape index (κ1) is 21.5. The number of carbonyl (C=O) groups excluding carboxylic acids is 1. The fourth-order valence-electron chi connectivity index (χ4n) is 4.31. The fourth-order valence-corrected chi connectivity index (χ4v) is 6.14. The first-order valence-corrected chi connectivity index (χ1v) is 11.7. The largest absolute Gasteiger partial charge is 0.351 e. The molecule has 28 heavy (non-hydrogen) atoms. The van der Waals surface area contributed by atoms with Gasteiger partial charge in [0.1, 0.15) is 15.7 Å². The maximum absolute atomic E-state index is 13.0. The number of carbonyl (C=O) groups is 1. The van der Waals surface area contributed by atoms with Gasteiger partial charge in [-0.05, 0) is 61.2 Å². The summed E-state index contributed by atoms with van der Waals surface area (Å²) in [7, 11) is -2.06. The van der Waals surface area contributed by atoms with E-state index in [1.807, 2.05) is 0 Å². The summed E-state index contributed by atoms with van der Waals surface area (Å²) in [5.74, 6) is 0.314. The smallest absolute Gasteiger partial charge is 0.268 e. The molecule has 1 aromatic rings. The van der Waals surface area contributed by atoms with E-state index in [2.05, 4.69) is 56.7 Å². The summed E-state index contributed by atoms with van der Waals surface area (Å²) in [4.78, 5) is 19.6. The van der Waals surface area contributed by atoms with Crippen LogP contribution in [0.5, 0.6) is 0 Å². The van der Waals surface area contributed by atoms with Crippen LogP contribution in [0.3, 0.4) is 0 Å². The van der Waals surface area contributed by atoms with Crippen molar-refractivity contribution in [3.05, 3.63) is 22.3 Å². The van der Waals surface area contributed by atoms with Gasteiger partial charge in [-0.3, -0.25) is 10.2 Å². The number of anilines is 1. The molecule has 2 N–H and O–H groups in total. The Morgan fingerprint density at radius 3 is 2.54 bits per heavy atom. The summed E-state index contributed by atoms with van der Waals surface area (Å²) in [5, 5.41) is 1.01. The van der Waals surface area contributed by atoms with Crippen molar-refractivity contribution in [3.63, 3.8) is 0 Å². The molecule has 1 amide bonds. The molecule has 2 unspecified atom stereocenters. The Labute approximate surface area is 175 Å². The number of rotatable bonds is 4. The Morgan fingerprint density at radius 1 is 1.32 bits per heavy atom. The molecule has 0 saturated carbocycles. The molecule has 3 rings (SSSR count). The summed E-state index contributed by atoms with van der Waals surface area (Å²) in [6.45, 7) is 9.25. The van der Waals surface area contributed by atoms with Crippen LogP contribution in [0.15, 0.2) is 16.7 Å². The molecule has 156 valence electrons. The lowest BCUT2D eigenvalue weighted by Gasteiger charge is -2.33. The van der Waals surface area contributed by atoms with Gasteiger partial charge in [0.05, 0.1) is 5.56 Å². The summed E-state index contributed by atoms with van der Waals surface area (Å²) < 4.78 is 28.5. The topological polar surface area (TPSA) is 94.6 Å². The summed E-state index contributed by atoms with van der Waals surface area (Å²) in [6, 6.07) is 3.00. The van der Waals surface area contributed by atoms with Crippen LogP contribution in [0.25, 0.3) is 0 Å².